The van der Waals surface area contributed by atoms with Crippen molar-refractivity contribution in [2.75, 3.05) is 13.7 Å². The molecule has 0 amide bonds. The van der Waals surface area contributed by atoms with Gasteiger partial charge in [0.25, 0.3) is 0 Å². The molecule has 6 aliphatic rings. The molecule has 7 rings (SSSR count). The second-order valence-corrected chi connectivity index (χ2v) is 11.2. The number of hydrogen-bond donors (Lipinski definition) is 1. The highest BCUT2D eigenvalue weighted by atomic mass is 16.7. The zero-order chi connectivity index (χ0) is 22.2. The highest BCUT2D eigenvalue weighted by Gasteiger charge is 2.93. The summed E-state index contributed by atoms with van der Waals surface area (Å²) in [5.41, 5.74) is 1.47. The molecule has 4 saturated carbocycles. The lowest BCUT2D eigenvalue weighted by molar-refractivity contribution is -0.497. The van der Waals surface area contributed by atoms with E-state index in [0.717, 1.165) is 11.5 Å². The molecule has 0 aromatic heterocycles. The van der Waals surface area contributed by atoms with Crippen molar-refractivity contribution in [1.29, 1.82) is 0 Å². The van der Waals surface area contributed by atoms with E-state index in [1.165, 1.54) is 20.0 Å². The number of ether oxygens (including phenoxy) is 3. The van der Waals surface area contributed by atoms with E-state index in [0.29, 0.717) is 47.1 Å². The van der Waals surface area contributed by atoms with Crippen LogP contribution in [0.3, 0.4) is 0 Å². The van der Waals surface area contributed by atoms with Crippen LogP contribution >= 0.6 is 0 Å². The van der Waals surface area contributed by atoms with E-state index < -0.39 is 11.8 Å². The molecule has 8 atom stereocenters. The Labute approximate surface area is 187 Å². The second kappa shape index (κ2) is 5.83. The summed E-state index contributed by atoms with van der Waals surface area (Å²) in [5.74, 6) is 1.75. The normalized spacial score (nSPS) is 44.1. The molecular formula is C24H29BO7. The highest BCUT2D eigenvalue weighted by molar-refractivity contribution is 6.45. The van der Waals surface area contributed by atoms with Crippen LogP contribution in [0.4, 0.5) is 0 Å². The molecular weight excluding hydrogens is 411 g/mol. The fourth-order valence-corrected chi connectivity index (χ4v) is 8.59. The summed E-state index contributed by atoms with van der Waals surface area (Å²) in [5, 5.41) is 10.4. The van der Waals surface area contributed by atoms with Gasteiger partial charge in [-0.15, -0.1) is 0 Å². The molecule has 32 heavy (non-hydrogen) atoms. The van der Waals surface area contributed by atoms with Gasteiger partial charge < -0.3 is 28.6 Å². The van der Waals surface area contributed by atoms with Gasteiger partial charge in [0.1, 0.15) is 17.1 Å². The first-order chi connectivity index (χ1) is 15.2. The molecule has 7 nitrogen and oxygen atoms in total. The minimum absolute atomic E-state index is 0.0946. The molecule has 4 aliphatic carbocycles. The van der Waals surface area contributed by atoms with Crippen LogP contribution in [-0.2, 0) is 14.0 Å². The number of cyclic esters (lactones) is 1. The molecule has 0 bridgehead atoms. The van der Waals surface area contributed by atoms with Gasteiger partial charge >= 0.3 is 13.1 Å². The minimum Gasteiger partial charge on any atom is -0.496 e. The predicted octanol–water partition coefficient (Wildman–Crippen LogP) is 3.00. The number of hydrogen-bond acceptors (Lipinski definition) is 7. The van der Waals surface area contributed by atoms with Crippen LogP contribution in [-0.4, -0.2) is 49.4 Å². The molecule has 7 unspecified atom stereocenters. The number of benzene rings is 1. The first-order valence-electron chi connectivity index (χ1n) is 11.8. The monoisotopic (exact) mass is 440 g/mol. The van der Waals surface area contributed by atoms with Gasteiger partial charge in [-0.2, -0.15) is 0 Å². The Morgan fingerprint density at radius 2 is 2.06 bits per heavy atom. The van der Waals surface area contributed by atoms with Gasteiger partial charge in [0.05, 0.1) is 18.8 Å². The van der Waals surface area contributed by atoms with Crippen LogP contribution in [0.25, 0.3) is 0 Å². The maximum absolute atomic E-state index is 12.7. The Morgan fingerprint density at radius 1 is 1.25 bits per heavy atom. The van der Waals surface area contributed by atoms with Crippen molar-refractivity contribution in [2.45, 2.75) is 63.3 Å². The van der Waals surface area contributed by atoms with Gasteiger partial charge in [0.15, 0.2) is 0 Å². The summed E-state index contributed by atoms with van der Waals surface area (Å²) in [4.78, 5) is 12.7. The lowest BCUT2D eigenvalue weighted by Crippen LogP contribution is -2.97. The van der Waals surface area contributed by atoms with E-state index in [2.05, 4.69) is 6.92 Å². The summed E-state index contributed by atoms with van der Waals surface area (Å²) < 4.78 is 29.9. The number of carbonyl (C=O) groups is 1. The maximum Gasteiger partial charge on any atom is 0.458 e. The standard InChI is InChI=1S/C24H29BO7/c1-22(2)29-18-13(5-6-15(28-4)17(18)21(27)30-22)11(10-26)9-25-31-19-14-7-12-8-16-23(3,32-25)20(19)24(12,14)16/h5-6,11-12,14,16,19-20,26H,7-10H2,1-4H3/t11?,12?,14?,16?,19?,20?,23-,24?/m0/s1. The topological polar surface area (TPSA) is 83.5 Å². The molecule has 1 N–H and O–H groups in total. The van der Waals surface area contributed by atoms with Crippen LogP contribution in [0, 0.1) is 29.1 Å². The van der Waals surface area contributed by atoms with Crippen molar-refractivity contribution in [2.24, 2.45) is 29.1 Å². The SMILES string of the molecule is COc1ccc(C(CO)CB2OC3C4CC5CC6C54C3[C@@]6(C)O2)c2c1C(=O)OC(C)(C)O2. The van der Waals surface area contributed by atoms with Crippen molar-refractivity contribution in [3.05, 3.63) is 23.3 Å². The number of fused-ring (bicyclic) bond motifs is 3. The second-order valence-electron chi connectivity index (χ2n) is 11.2. The number of esters is 1. The van der Waals surface area contributed by atoms with Crippen LogP contribution in [0.1, 0.15) is 55.5 Å². The third-order valence-corrected chi connectivity index (χ3v) is 9.68. The Kier molecular flexibility index (Phi) is 3.58. The molecule has 170 valence electrons. The third kappa shape index (κ3) is 2.00. The van der Waals surface area contributed by atoms with E-state index in [1.807, 2.05) is 6.07 Å². The summed E-state index contributed by atoms with van der Waals surface area (Å²) >= 11 is 0. The van der Waals surface area contributed by atoms with E-state index in [9.17, 15) is 9.90 Å². The average Bonchev–Trinajstić information content (AvgIpc) is 2.69. The molecule has 8 heteroatoms. The largest absolute Gasteiger partial charge is 0.496 e. The summed E-state index contributed by atoms with van der Waals surface area (Å²) in [6.07, 6.45) is 3.40. The van der Waals surface area contributed by atoms with E-state index in [1.54, 1.807) is 19.9 Å². The minimum atomic E-state index is -1.10. The molecule has 1 aromatic carbocycles. The van der Waals surface area contributed by atoms with E-state index >= 15 is 0 Å². The van der Waals surface area contributed by atoms with E-state index in [4.69, 9.17) is 23.5 Å². The summed E-state index contributed by atoms with van der Waals surface area (Å²) in [7, 11) is 1.13. The van der Waals surface area contributed by atoms with Gasteiger partial charge in [0, 0.05) is 37.9 Å². The van der Waals surface area contributed by atoms with E-state index in [-0.39, 0.29) is 30.8 Å². The molecule has 5 fully saturated rings. The first kappa shape index (κ1) is 19.7. The average molecular weight is 440 g/mol. The van der Waals surface area contributed by atoms with Gasteiger partial charge in [-0.1, -0.05) is 6.07 Å². The first-order valence-corrected chi connectivity index (χ1v) is 11.8. The fourth-order valence-electron chi connectivity index (χ4n) is 8.59. The van der Waals surface area contributed by atoms with Gasteiger partial charge in [-0.25, -0.2) is 4.79 Å². The number of rotatable bonds is 5. The maximum atomic E-state index is 12.7. The Balaban J connectivity index is 1.19. The van der Waals surface area contributed by atoms with Crippen molar-refractivity contribution >= 4 is 13.1 Å². The lowest BCUT2D eigenvalue weighted by Gasteiger charge is -2.94. The zero-order valence-corrected chi connectivity index (χ0v) is 18.9. The number of carbonyl (C=O) groups excluding carboxylic acids is 1. The highest BCUT2D eigenvalue weighted by Crippen LogP contribution is 2.92. The Hall–Kier alpha value is -1.77. The molecule has 0 radical (unpaired) electrons. The third-order valence-electron chi connectivity index (χ3n) is 9.68. The van der Waals surface area contributed by atoms with Crippen LogP contribution in [0.15, 0.2) is 12.1 Å². The van der Waals surface area contributed by atoms with Crippen LogP contribution in [0.2, 0.25) is 6.32 Å². The van der Waals surface area contributed by atoms with Crippen LogP contribution < -0.4 is 9.47 Å². The van der Waals surface area contributed by atoms with Crippen LogP contribution in [0.5, 0.6) is 11.5 Å². The molecule has 1 aromatic rings. The lowest BCUT2D eigenvalue weighted by atomic mass is 9.13. The smallest absolute Gasteiger partial charge is 0.458 e. The van der Waals surface area contributed by atoms with Crippen molar-refractivity contribution in [1.82, 2.24) is 0 Å². The number of methoxy groups -OCH3 is 1. The van der Waals surface area contributed by atoms with Crippen molar-refractivity contribution < 1.29 is 33.4 Å². The molecule has 2 heterocycles. The predicted molar refractivity (Wildman–Crippen MR) is 113 cm³/mol. The fraction of sp³-hybridized carbons (Fsp3) is 0.708. The van der Waals surface area contributed by atoms with Crippen molar-refractivity contribution in [3.63, 3.8) is 0 Å². The molecule has 2 aliphatic heterocycles. The van der Waals surface area contributed by atoms with Gasteiger partial charge in [-0.05, 0) is 55.3 Å². The van der Waals surface area contributed by atoms with Gasteiger partial charge in [-0.3, -0.25) is 0 Å². The summed E-state index contributed by atoms with van der Waals surface area (Å²) in [6, 6.07) is 3.59. The summed E-state index contributed by atoms with van der Waals surface area (Å²) in [6.45, 7) is 5.56. The molecule has 1 spiro atoms. The quantitative estimate of drug-likeness (QED) is 0.557. The van der Waals surface area contributed by atoms with Gasteiger partial charge in [0.2, 0.25) is 5.79 Å². The Morgan fingerprint density at radius 3 is 2.78 bits per heavy atom. The zero-order valence-electron chi connectivity index (χ0n) is 18.9. The van der Waals surface area contributed by atoms with Crippen molar-refractivity contribution in [3.8, 4) is 11.5 Å². The number of aliphatic hydroxyl groups is 1. The Bertz CT molecular complexity index is 1040. The molecule has 1 saturated heterocycles. The number of aliphatic hydroxyl groups excluding tert-OH is 1.